The van der Waals surface area contributed by atoms with E-state index in [9.17, 15) is 0 Å². The monoisotopic (exact) mass is 352 g/mol. The van der Waals surface area contributed by atoms with Gasteiger partial charge in [0.25, 0.3) is 0 Å². The molecule has 0 saturated carbocycles. The van der Waals surface area contributed by atoms with Crippen LogP contribution in [0, 0.1) is 0 Å². The number of H-pyrrole nitrogens is 2. The quantitative estimate of drug-likeness (QED) is 0.480. The number of aromatic nitrogens is 4. The fourth-order valence-electron chi connectivity index (χ4n) is 3.90. The minimum absolute atomic E-state index is 0.0597. The molecule has 1 aliphatic rings. The van der Waals surface area contributed by atoms with Gasteiger partial charge in [0.1, 0.15) is 17.2 Å². The van der Waals surface area contributed by atoms with Crippen LogP contribution in [0.5, 0.6) is 5.75 Å². The van der Waals surface area contributed by atoms with Gasteiger partial charge in [-0.1, -0.05) is 24.3 Å². The van der Waals surface area contributed by atoms with Crippen molar-refractivity contribution in [1.29, 1.82) is 0 Å². The van der Waals surface area contributed by atoms with E-state index in [4.69, 9.17) is 9.72 Å². The fourth-order valence-corrected chi connectivity index (χ4v) is 3.90. The molecule has 0 aliphatic carbocycles. The van der Waals surface area contributed by atoms with E-state index in [0.717, 1.165) is 51.2 Å². The Hall–Kier alpha value is -3.60. The van der Waals surface area contributed by atoms with Gasteiger partial charge in [0.15, 0.2) is 6.10 Å². The number of nitrogens with zero attached hydrogens (tertiary/aromatic N) is 2. The molecule has 130 valence electrons. The van der Waals surface area contributed by atoms with Gasteiger partial charge >= 0.3 is 0 Å². The fraction of sp³-hybridized carbons (Fsp3) is 0.0909. The molecule has 0 radical (unpaired) electrons. The Bertz CT molecular complexity index is 1280. The van der Waals surface area contributed by atoms with Crippen molar-refractivity contribution >= 4 is 22.1 Å². The van der Waals surface area contributed by atoms with Crippen LogP contribution in [0.3, 0.4) is 0 Å². The Morgan fingerprint density at radius 2 is 2.00 bits per heavy atom. The normalized spacial score (nSPS) is 15.9. The Labute approximate surface area is 155 Å². The summed E-state index contributed by atoms with van der Waals surface area (Å²) in [6.45, 7) is 0. The lowest BCUT2D eigenvalue weighted by molar-refractivity contribution is 0.229. The van der Waals surface area contributed by atoms with E-state index < -0.39 is 0 Å². The van der Waals surface area contributed by atoms with E-state index in [0.29, 0.717) is 0 Å². The zero-order valence-corrected chi connectivity index (χ0v) is 14.4. The second kappa shape index (κ2) is 5.45. The third kappa shape index (κ3) is 2.25. The maximum Gasteiger partial charge on any atom is 0.160 e. The summed E-state index contributed by atoms with van der Waals surface area (Å²) in [6.07, 6.45) is 4.54. The van der Waals surface area contributed by atoms with Gasteiger partial charge in [-0.2, -0.15) is 0 Å². The van der Waals surface area contributed by atoms with Gasteiger partial charge in [-0.3, -0.25) is 0 Å². The highest BCUT2D eigenvalue weighted by Crippen LogP contribution is 2.36. The number of rotatable bonds is 2. The SMILES string of the molecule is c1ccc2c(c1)C[C@H](c1nc3ccc(-c4ccnc5[nH]ccc45)cc3[nH]1)O2. The molecule has 0 spiro atoms. The third-order valence-corrected chi connectivity index (χ3v) is 5.22. The van der Waals surface area contributed by atoms with E-state index in [-0.39, 0.29) is 6.10 Å². The van der Waals surface area contributed by atoms with Gasteiger partial charge < -0.3 is 14.7 Å². The largest absolute Gasteiger partial charge is 0.482 e. The summed E-state index contributed by atoms with van der Waals surface area (Å²) in [6, 6.07) is 18.6. The molecule has 0 bridgehead atoms. The average Bonchev–Trinajstić information content (AvgIpc) is 3.43. The minimum atomic E-state index is -0.0597. The molecular formula is C22H16N4O. The lowest BCUT2D eigenvalue weighted by Crippen LogP contribution is -2.05. The summed E-state index contributed by atoms with van der Waals surface area (Å²) in [5, 5.41) is 1.12. The summed E-state index contributed by atoms with van der Waals surface area (Å²) >= 11 is 0. The predicted molar refractivity (Wildman–Crippen MR) is 105 cm³/mol. The maximum absolute atomic E-state index is 6.08. The van der Waals surface area contributed by atoms with Gasteiger partial charge in [-0.15, -0.1) is 0 Å². The number of fused-ring (bicyclic) bond motifs is 3. The number of nitrogens with one attached hydrogen (secondary N) is 2. The van der Waals surface area contributed by atoms with Gasteiger partial charge in [-0.25, -0.2) is 9.97 Å². The highest BCUT2D eigenvalue weighted by molar-refractivity contribution is 5.95. The maximum atomic E-state index is 6.08. The Balaban J connectivity index is 1.41. The molecule has 0 fully saturated rings. The van der Waals surface area contributed by atoms with Gasteiger partial charge in [0.05, 0.1) is 11.0 Å². The number of ether oxygens (including phenoxy) is 1. The molecule has 5 aromatic rings. The molecule has 4 heterocycles. The minimum Gasteiger partial charge on any atom is -0.482 e. The molecular weight excluding hydrogens is 336 g/mol. The summed E-state index contributed by atoms with van der Waals surface area (Å²) in [5.41, 5.74) is 6.39. The van der Waals surface area contributed by atoms with Crippen LogP contribution in [0.1, 0.15) is 17.5 Å². The van der Waals surface area contributed by atoms with Crippen LogP contribution in [0.15, 0.2) is 67.0 Å². The van der Waals surface area contributed by atoms with Crippen LogP contribution in [-0.4, -0.2) is 19.9 Å². The first-order valence-electron chi connectivity index (χ1n) is 9.02. The van der Waals surface area contributed by atoms with Crippen molar-refractivity contribution in [2.75, 3.05) is 0 Å². The van der Waals surface area contributed by atoms with Crippen molar-refractivity contribution in [3.05, 3.63) is 78.4 Å². The van der Waals surface area contributed by atoms with Crippen LogP contribution >= 0.6 is 0 Å². The zero-order chi connectivity index (χ0) is 17.8. The first kappa shape index (κ1) is 14.6. The first-order valence-corrected chi connectivity index (χ1v) is 9.02. The topological polar surface area (TPSA) is 66.6 Å². The van der Waals surface area contributed by atoms with E-state index in [1.807, 2.05) is 36.7 Å². The number of aromatic amines is 2. The molecule has 3 aromatic heterocycles. The lowest BCUT2D eigenvalue weighted by atomic mass is 10.0. The van der Waals surface area contributed by atoms with Crippen LogP contribution in [-0.2, 0) is 6.42 Å². The van der Waals surface area contributed by atoms with Crippen molar-refractivity contribution in [3.63, 3.8) is 0 Å². The molecule has 2 N–H and O–H groups in total. The Morgan fingerprint density at radius 1 is 1.04 bits per heavy atom. The van der Waals surface area contributed by atoms with E-state index in [2.05, 4.69) is 45.3 Å². The third-order valence-electron chi connectivity index (χ3n) is 5.22. The first-order chi connectivity index (χ1) is 13.3. The van der Waals surface area contributed by atoms with Crippen molar-refractivity contribution in [2.24, 2.45) is 0 Å². The molecule has 5 nitrogen and oxygen atoms in total. The number of pyridine rings is 1. The molecule has 1 aliphatic heterocycles. The van der Waals surface area contributed by atoms with E-state index in [1.54, 1.807) is 0 Å². The number of imidazole rings is 1. The molecule has 0 unspecified atom stereocenters. The Kier molecular flexibility index (Phi) is 2.94. The Morgan fingerprint density at radius 3 is 2.96 bits per heavy atom. The standard InChI is InChI=1S/C22H16N4O/c1-2-4-19-14(3-1)12-20(27-19)22-25-17-6-5-13(11-18(17)26-22)15-7-9-23-21-16(15)8-10-24-21/h1-11,20H,12H2,(H,23,24)(H,25,26)/t20-/m1/s1. The van der Waals surface area contributed by atoms with Crippen LogP contribution in [0.25, 0.3) is 33.2 Å². The number of benzene rings is 2. The van der Waals surface area contributed by atoms with E-state index >= 15 is 0 Å². The lowest BCUT2D eigenvalue weighted by Gasteiger charge is -2.06. The van der Waals surface area contributed by atoms with E-state index in [1.165, 1.54) is 5.56 Å². The van der Waals surface area contributed by atoms with Gasteiger partial charge in [0, 0.05) is 24.2 Å². The summed E-state index contributed by atoms with van der Waals surface area (Å²) in [5.74, 6) is 1.83. The van der Waals surface area contributed by atoms with Crippen LogP contribution in [0.4, 0.5) is 0 Å². The number of para-hydroxylation sites is 1. The summed E-state index contributed by atoms with van der Waals surface area (Å²) < 4.78 is 6.08. The highest BCUT2D eigenvalue weighted by Gasteiger charge is 2.26. The molecule has 1 atom stereocenters. The highest BCUT2D eigenvalue weighted by atomic mass is 16.5. The van der Waals surface area contributed by atoms with Crippen molar-refractivity contribution < 1.29 is 4.74 Å². The summed E-state index contributed by atoms with van der Waals surface area (Å²) in [4.78, 5) is 15.8. The molecule has 6 rings (SSSR count). The molecule has 0 amide bonds. The average molecular weight is 352 g/mol. The van der Waals surface area contributed by atoms with Crippen molar-refractivity contribution in [2.45, 2.75) is 12.5 Å². The van der Waals surface area contributed by atoms with Crippen molar-refractivity contribution in [1.82, 2.24) is 19.9 Å². The van der Waals surface area contributed by atoms with Gasteiger partial charge in [0.2, 0.25) is 0 Å². The number of hydrogen-bond donors (Lipinski definition) is 2. The molecule has 2 aromatic carbocycles. The second-order valence-electron chi connectivity index (χ2n) is 6.87. The van der Waals surface area contributed by atoms with Gasteiger partial charge in [-0.05, 0) is 47.0 Å². The predicted octanol–water partition coefficient (Wildman–Crippen LogP) is 4.78. The molecule has 5 heteroatoms. The second-order valence-corrected chi connectivity index (χ2v) is 6.87. The van der Waals surface area contributed by atoms with Crippen LogP contribution < -0.4 is 4.74 Å². The molecule has 0 saturated heterocycles. The number of hydrogen-bond acceptors (Lipinski definition) is 3. The molecule has 27 heavy (non-hydrogen) atoms. The summed E-state index contributed by atoms with van der Waals surface area (Å²) in [7, 11) is 0. The van der Waals surface area contributed by atoms with Crippen molar-refractivity contribution in [3.8, 4) is 16.9 Å². The van der Waals surface area contributed by atoms with Crippen LogP contribution in [0.2, 0.25) is 0 Å². The smallest absolute Gasteiger partial charge is 0.160 e. The zero-order valence-electron chi connectivity index (χ0n) is 14.4.